The van der Waals surface area contributed by atoms with Crippen molar-refractivity contribution in [2.45, 2.75) is 26.2 Å². The number of aromatic nitrogens is 1. The number of rotatable bonds is 5. The van der Waals surface area contributed by atoms with Gasteiger partial charge < -0.3 is 5.32 Å². The first kappa shape index (κ1) is 12.8. The first-order valence-corrected chi connectivity index (χ1v) is 6.91. The molecule has 5 heteroatoms. The van der Waals surface area contributed by atoms with Crippen molar-refractivity contribution in [3.05, 3.63) is 40.6 Å². The van der Waals surface area contributed by atoms with Gasteiger partial charge in [-0.3, -0.25) is 10.1 Å². The van der Waals surface area contributed by atoms with Crippen LogP contribution in [0.3, 0.4) is 0 Å². The minimum atomic E-state index is -0.381. The number of anilines is 1. The quantitative estimate of drug-likeness (QED) is 0.664. The number of benzene rings is 1. The number of fused-ring (bicyclic) bond motifs is 1. The highest BCUT2D eigenvalue weighted by molar-refractivity contribution is 5.96. The fourth-order valence-corrected chi connectivity index (χ4v) is 2.58. The molecule has 0 bridgehead atoms. The summed E-state index contributed by atoms with van der Waals surface area (Å²) < 4.78 is 0. The van der Waals surface area contributed by atoms with Gasteiger partial charge in [0.05, 0.1) is 4.92 Å². The molecule has 1 aromatic heterocycles. The molecule has 1 aliphatic carbocycles. The van der Waals surface area contributed by atoms with Gasteiger partial charge in [-0.2, -0.15) is 0 Å². The second-order valence-corrected chi connectivity index (χ2v) is 5.50. The number of hydrogen-bond acceptors (Lipinski definition) is 4. The summed E-state index contributed by atoms with van der Waals surface area (Å²) in [5.41, 5.74) is 1.86. The largest absolute Gasteiger partial charge is 0.384 e. The maximum absolute atomic E-state index is 11.0. The van der Waals surface area contributed by atoms with Crippen LogP contribution < -0.4 is 5.32 Å². The van der Waals surface area contributed by atoms with Gasteiger partial charge in [0.1, 0.15) is 5.52 Å². The monoisotopic (exact) mass is 271 g/mol. The summed E-state index contributed by atoms with van der Waals surface area (Å²) >= 11 is 0. The molecule has 0 amide bonds. The van der Waals surface area contributed by atoms with Crippen LogP contribution in [-0.2, 0) is 0 Å². The number of nitro groups is 1. The van der Waals surface area contributed by atoms with Gasteiger partial charge in [-0.1, -0.05) is 19.1 Å². The number of nitrogens with zero attached hydrogens (tertiary/aromatic N) is 2. The molecule has 3 rings (SSSR count). The molecule has 0 unspecified atom stereocenters. The number of non-ortho nitro benzene ring substituents is 1. The number of hydrogen-bond donors (Lipinski definition) is 1. The van der Waals surface area contributed by atoms with E-state index in [-0.39, 0.29) is 10.6 Å². The van der Waals surface area contributed by atoms with Crippen molar-refractivity contribution in [1.82, 2.24) is 4.98 Å². The van der Waals surface area contributed by atoms with Crippen LogP contribution in [0.25, 0.3) is 10.9 Å². The van der Waals surface area contributed by atoms with Gasteiger partial charge in [0, 0.05) is 29.9 Å². The van der Waals surface area contributed by atoms with Crippen molar-refractivity contribution in [3.63, 3.8) is 0 Å². The third-order valence-electron chi connectivity index (χ3n) is 4.31. The standard InChI is InChI=1S/C15H17N3O2/c1-2-15(7-8-15)10-17-12-6-9-16-14-11(12)4-3-5-13(14)18(19)20/h3-6,9H,2,7-8,10H2,1H3,(H,16,17). The van der Waals surface area contributed by atoms with Crippen LogP contribution in [0, 0.1) is 15.5 Å². The number of nitro benzene ring substituents is 1. The fourth-order valence-electron chi connectivity index (χ4n) is 2.58. The smallest absolute Gasteiger partial charge is 0.295 e. The van der Waals surface area contributed by atoms with E-state index in [0.717, 1.165) is 17.6 Å². The van der Waals surface area contributed by atoms with Crippen LogP contribution in [0.1, 0.15) is 26.2 Å². The van der Waals surface area contributed by atoms with E-state index in [1.807, 2.05) is 12.1 Å². The predicted octanol–water partition coefficient (Wildman–Crippen LogP) is 3.75. The highest BCUT2D eigenvalue weighted by Gasteiger charge is 2.40. The van der Waals surface area contributed by atoms with Crippen LogP contribution >= 0.6 is 0 Å². The van der Waals surface area contributed by atoms with Crippen molar-refractivity contribution in [2.24, 2.45) is 5.41 Å². The van der Waals surface area contributed by atoms with Crippen molar-refractivity contribution >= 4 is 22.3 Å². The molecule has 1 fully saturated rings. The molecule has 0 saturated heterocycles. The van der Waals surface area contributed by atoms with E-state index >= 15 is 0 Å². The van der Waals surface area contributed by atoms with Crippen molar-refractivity contribution in [1.29, 1.82) is 0 Å². The highest BCUT2D eigenvalue weighted by atomic mass is 16.6. The van der Waals surface area contributed by atoms with Gasteiger partial charge in [-0.15, -0.1) is 0 Å². The molecule has 0 aliphatic heterocycles. The molecular weight excluding hydrogens is 254 g/mol. The summed E-state index contributed by atoms with van der Waals surface area (Å²) in [6.45, 7) is 3.13. The molecule has 0 spiro atoms. The second-order valence-electron chi connectivity index (χ2n) is 5.50. The van der Waals surface area contributed by atoms with Gasteiger partial charge in [0.25, 0.3) is 5.69 Å². The van der Waals surface area contributed by atoms with Crippen LogP contribution in [-0.4, -0.2) is 16.5 Å². The minimum absolute atomic E-state index is 0.0581. The third-order valence-corrected chi connectivity index (χ3v) is 4.31. The van der Waals surface area contributed by atoms with E-state index in [2.05, 4.69) is 17.2 Å². The molecule has 2 aromatic rings. The maximum Gasteiger partial charge on any atom is 0.295 e. The number of nitrogens with one attached hydrogen (secondary N) is 1. The Morgan fingerprint density at radius 1 is 1.40 bits per heavy atom. The zero-order chi connectivity index (χ0) is 14.2. The van der Waals surface area contributed by atoms with Crippen molar-refractivity contribution in [3.8, 4) is 0 Å². The van der Waals surface area contributed by atoms with E-state index < -0.39 is 0 Å². The predicted molar refractivity (Wildman–Crippen MR) is 78.8 cm³/mol. The summed E-state index contributed by atoms with van der Waals surface area (Å²) in [6.07, 6.45) is 5.33. The van der Waals surface area contributed by atoms with Crippen LogP contribution in [0.2, 0.25) is 0 Å². The van der Waals surface area contributed by atoms with Gasteiger partial charge in [0.2, 0.25) is 0 Å². The zero-order valence-electron chi connectivity index (χ0n) is 11.4. The van der Waals surface area contributed by atoms with Gasteiger partial charge in [0.15, 0.2) is 0 Å². The van der Waals surface area contributed by atoms with E-state index in [0.29, 0.717) is 10.9 Å². The van der Waals surface area contributed by atoms with E-state index in [4.69, 9.17) is 0 Å². The van der Waals surface area contributed by atoms with Crippen molar-refractivity contribution < 1.29 is 4.92 Å². The average molecular weight is 271 g/mol. The Morgan fingerprint density at radius 3 is 2.85 bits per heavy atom. The first-order chi connectivity index (χ1) is 9.65. The molecule has 5 nitrogen and oxygen atoms in total. The highest BCUT2D eigenvalue weighted by Crippen LogP contribution is 2.48. The molecule has 104 valence electrons. The summed E-state index contributed by atoms with van der Waals surface area (Å²) in [5.74, 6) is 0. The average Bonchev–Trinajstić information content (AvgIpc) is 3.25. The van der Waals surface area contributed by atoms with Gasteiger partial charge >= 0.3 is 0 Å². The third kappa shape index (κ3) is 2.19. The summed E-state index contributed by atoms with van der Waals surface area (Å²) in [7, 11) is 0. The van der Waals surface area contributed by atoms with Gasteiger partial charge in [-0.05, 0) is 30.7 Å². The lowest BCUT2D eigenvalue weighted by molar-refractivity contribution is -0.383. The molecule has 20 heavy (non-hydrogen) atoms. The number of pyridine rings is 1. The Bertz CT molecular complexity index is 665. The molecule has 1 aromatic carbocycles. The first-order valence-electron chi connectivity index (χ1n) is 6.91. The SMILES string of the molecule is CCC1(CNc2ccnc3c([N+](=O)[O-])cccc23)CC1. The molecule has 1 aliphatic rings. The lowest BCUT2D eigenvalue weighted by Gasteiger charge is -2.15. The summed E-state index contributed by atoms with van der Waals surface area (Å²) in [6, 6.07) is 6.97. The Balaban J connectivity index is 1.95. The molecule has 1 N–H and O–H groups in total. The van der Waals surface area contributed by atoms with Crippen LogP contribution in [0.15, 0.2) is 30.5 Å². The van der Waals surface area contributed by atoms with E-state index in [1.54, 1.807) is 12.3 Å². The summed E-state index contributed by atoms with van der Waals surface area (Å²) in [4.78, 5) is 14.8. The van der Waals surface area contributed by atoms with Crippen LogP contribution in [0.5, 0.6) is 0 Å². The Morgan fingerprint density at radius 2 is 2.20 bits per heavy atom. The molecule has 1 saturated carbocycles. The topological polar surface area (TPSA) is 68.1 Å². The molecule has 1 heterocycles. The Kier molecular flexibility index (Phi) is 3.04. The Hall–Kier alpha value is -2.17. The maximum atomic E-state index is 11.0. The van der Waals surface area contributed by atoms with Crippen LogP contribution in [0.4, 0.5) is 11.4 Å². The second kappa shape index (κ2) is 4.74. The fraction of sp³-hybridized carbons (Fsp3) is 0.400. The van der Waals surface area contributed by atoms with E-state index in [1.165, 1.54) is 25.3 Å². The zero-order valence-corrected chi connectivity index (χ0v) is 11.4. The van der Waals surface area contributed by atoms with Gasteiger partial charge in [-0.25, -0.2) is 4.98 Å². The molecular formula is C15H17N3O2. The van der Waals surface area contributed by atoms with E-state index in [9.17, 15) is 10.1 Å². The lowest BCUT2D eigenvalue weighted by Crippen LogP contribution is -2.14. The minimum Gasteiger partial charge on any atom is -0.384 e. The Labute approximate surface area is 117 Å². The summed E-state index contributed by atoms with van der Waals surface area (Å²) in [5, 5.41) is 15.3. The lowest BCUT2D eigenvalue weighted by atomic mass is 10.0. The normalized spacial score (nSPS) is 16.1. The molecule has 0 atom stereocenters. The number of para-hydroxylation sites is 1. The molecule has 0 radical (unpaired) electrons. The van der Waals surface area contributed by atoms with Crippen molar-refractivity contribution in [2.75, 3.05) is 11.9 Å².